The van der Waals surface area contributed by atoms with Crippen molar-refractivity contribution >= 4 is 17.1 Å². The molecule has 26 heavy (non-hydrogen) atoms. The summed E-state index contributed by atoms with van der Waals surface area (Å²) < 4.78 is 0. The molecule has 3 aromatic carbocycles. The second kappa shape index (κ2) is 11.7. The van der Waals surface area contributed by atoms with Gasteiger partial charge in [0.2, 0.25) is 0 Å². The molecule has 0 heterocycles. The van der Waals surface area contributed by atoms with Crippen LogP contribution in [0.2, 0.25) is 0 Å². The lowest BCUT2D eigenvalue weighted by Gasteiger charge is -2.25. The van der Waals surface area contributed by atoms with Crippen LogP contribution in [-0.4, -0.2) is 0 Å². The molecule has 0 bridgehead atoms. The molecule has 1 heteroatoms. The largest absolute Gasteiger partial charge is 0.311 e. The molecular formula is C25H29N. The average molecular weight is 344 g/mol. The zero-order valence-corrected chi connectivity index (χ0v) is 15.7. The van der Waals surface area contributed by atoms with E-state index in [1.165, 1.54) is 42.7 Å². The number of nitrogens with zero attached hydrogens (tertiary/aromatic N) is 1. The van der Waals surface area contributed by atoms with Crippen molar-refractivity contribution in [3.8, 4) is 0 Å². The Bertz CT molecular complexity index is 626. The van der Waals surface area contributed by atoms with Crippen molar-refractivity contribution in [2.45, 2.75) is 32.6 Å². The molecule has 0 aliphatic rings. The first kappa shape index (κ1) is 19.5. The molecule has 0 atom stereocenters. The third-order valence-electron chi connectivity index (χ3n) is 4.05. The molecule has 0 radical (unpaired) electrons. The predicted octanol–water partition coefficient (Wildman–Crippen LogP) is 7.91. The van der Waals surface area contributed by atoms with E-state index in [0.717, 1.165) is 0 Å². The van der Waals surface area contributed by atoms with Gasteiger partial charge in [-0.25, -0.2) is 0 Å². The van der Waals surface area contributed by atoms with Gasteiger partial charge in [-0.15, -0.1) is 6.58 Å². The fourth-order valence-corrected chi connectivity index (χ4v) is 2.72. The Balaban J connectivity index is 0.000000298. The topological polar surface area (TPSA) is 3.24 Å². The van der Waals surface area contributed by atoms with Crippen molar-refractivity contribution in [3.05, 3.63) is 104 Å². The second-order valence-corrected chi connectivity index (χ2v) is 6.13. The summed E-state index contributed by atoms with van der Waals surface area (Å²) in [4.78, 5) is 2.25. The Hall–Kier alpha value is -2.80. The maximum atomic E-state index is 3.63. The fourth-order valence-electron chi connectivity index (χ4n) is 2.72. The molecule has 3 rings (SSSR count). The maximum absolute atomic E-state index is 3.63. The highest BCUT2D eigenvalue weighted by Crippen LogP contribution is 2.33. The molecule has 3 aromatic rings. The minimum Gasteiger partial charge on any atom is -0.311 e. The standard InChI is InChI=1S/C18H15N.C7H14/c1-4-10-16(11-5-1)19(17-12-6-2-7-13-17)18-14-8-3-9-15-18;1-3-5-7-6-4-2/h1-15H;3H,1,4-7H2,2H3. The van der Waals surface area contributed by atoms with Crippen molar-refractivity contribution in [2.24, 2.45) is 0 Å². The Morgan fingerprint density at radius 1 is 0.654 bits per heavy atom. The van der Waals surface area contributed by atoms with Gasteiger partial charge >= 0.3 is 0 Å². The highest BCUT2D eigenvalue weighted by atomic mass is 15.1. The third kappa shape index (κ3) is 6.25. The number of allylic oxidation sites excluding steroid dienone is 1. The second-order valence-electron chi connectivity index (χ2n) is 6.13. The van der Waals surface area contributed by atoms with Crippen LogP contribution in [0.15, 0.2) is 104 Å². The van der Waals surface area contributed by atoms with E-state index in [1.807, 2.05) is 24.3 Å². The minimum absolute atomic E-state index is 1.17. The summed E-state index contributed by atoms with van der Waals surface area (Å²) >= 11 is 0. The van der Waals surface area contributed by atoms with Crippen LogP contribution < -0.4 is 4.90 Å². The van der Waals surface area contributed by atoms with Crippen LogP contribution in [-0.2, 0) is 0 Å². The molecule has 134 valence electrons. The monoisotopic (exact) mass is 343 g/mol. The van der Waals surface area contributed by atoms with Gasteiger partial charge in [0.1, 0.15) is 0 Å². The van der Waals surface area contributed by atoms with Gasteiger partial charge in [-0.3, -0.25) is 0 Å². The van der Waals surface area contributed by atoms with E-state index in [2.05, 4.69) is 91.2 Å². The summed E-state index contributed by atoms with van der Waals surface area (Å²) in [5.74, 6) is 0. The van der Waals surface area contributed by atoms with Crippen LogP contribution in [0.1, 0.15) is 32.6 Å². The Kier molecular flexibility index (Phi) is 8.79. The average Bonchev–Trinajstić information content (AvgIpc) is 2.72. The van der Waals surface area contributed by atoms with E-state index < -0.39 is 0 Å². The lowest BCUT2D eigenvalue weighted by atomic mass is 10.2. The van der Waals surface area contributed by atoms with Gasteiger partial charge in [0.05, 0.1) is 0 Å². The first-order valence-electron chi connectivity index (χ1n) is 9.43. The maximum Gasteiger partial charge on any atom is 0.0461 e. The number of hydrogen-bond acceptors (Lipinski definition) is 1. The van der Waals surface area contributed by atoms with E-state index in [9.17, 15) is 0 Å². The number of benzene rings is 3. The fraction of sp³-hybridized carbons (Fsp3) is 0.200. The first-order valence-corrected chi connectivity index (χ1v) is 9.43. The van der Waals surface area contributed by atoms with Crippen molar-refractivity contribution in [1.29, 1.82) is 0 Å². The quantitative estimate of drug-likeness (QED) is 0.311. The van der Waals surface area contributed by atoms with E-state index >= 15 is 0 Å². The van der Waals surface area contributed by atoms with Gasteiger partial charge < -0.3 is 4.90 Å². The summed E-state index contributed by atoms with van der Waals surface area (Å²) in [6.45, 7) is 5.84. The number of hydrogen-bond donors (Lipinski definition) is 0. The molecular weight excluding hydrogens is 314 g/mol. The molecule has 1 nitrogen and oxygen atoms in total. The lowest BCUT2D eigenvalue weighted by Crippen LogP contribution is -2.09. The van der Waals surface area contributed by atoms with E-state index in [1.54, 1.807) is 0 Å². The first-order chi connectivity index (χ1) is 12.9. The normalized spacial score (nSPS) is 9.73. The molecule has 0 unspecified atom stereocenters. The summed E-state index contributed by atoms with van der Waals surface area (Å²) in [5, 5.41) is 0. The Morgan fingerprint density at radius 2 is 1.04 bits per heavy atom. The SMILES string of the molecule is C=CCCCCC.c1ccc(N(c2ccccc2)c2ccccc2)cc1. The Labute approximate surface area is 158 Å². The van der Waals surface area contributed by atoms with Crippen LogP contribution >= 0.6 is 0 Å². The molecule has 0 aliphatic heterocycles. The molecule has 0 aromatic heterocycles. The van der Waals surface area contributed by atoms with Gasteiger partial charge in [0, 0.05) is 17.1 Å². The van der Waals surface area contributed by atoms with Crippen molar-refractivity contribution < 1.29 is 0 Å². The van der Waals surface area contributed by atoms with Crippen LogP contribution in [0.4, 0.5) is 17.1 Å². The zero-order valence-electron chi connectivity index (χ0n) is 15.7. The predicted molar refractivity (Wildman–Crippen MR) is 115 cm³/mol. The summed E-state index contributed by atoms with van der Waals surface area (Å²) in [7, 11) is 0. The van der Waals surface area contributed by atoms with Crippen LogP contribution in [0.25, 0.3) is 0 Å². The molecule has 0 amide bonds. The zero-order chi connectivity index (χ0) is 18.5. The number of anilines is 3. The molecule has 0 saturated heterocycles. The molecule has 0 fully saturated rings. The third-order valence-corrected chi connectivity index (χ3v) is 4.05. The van der Waals surface area contributed by atoms with Gasteiger partial charge in [0.25, 0.3) is 0 Å². The molecule has 0 spiro atoms. The van der Waals surface area contributed by atoms with Crippen molar-refractivity contribution in [3.63, 3.8) is 0 Å². The molecule has 0 saturated carbocycles. The minimum atomic E-state index is 1.17. The highest BCUT2D eigenvalue weighted by molar-refractivity contribution is 5.76. The van der Waals surface area contributed by atoms with E-state index in [4.69, 9.17) is 0 Å². The number of rotatable bonds is 7. The Morgan fingerprint density at radius 3 is 1.35 bits per heavy atom. The van der Waals surface area contributed by atoms with Crippen LogP contribution in [0, 0.1) is 0 Å². The highest BCUT2D eigenvalue weighted by Gasteiger charge is 2.10. The number of para-hydroxylation sites is 3. The van der Waals surface area contributed by atoms with E-state index in [-0.39, 0.29) is 0 Å². The van der Waals surface area contributed by atoms with Gasteiger partial charge in [-0.05, 0) is 49.2 Å². The smallest absolute Gasteiger partial charge is 0.0461 e. The van der Waals surface area contributed by atoms with Crippen LogP contribution in [0.3, 0.4) is 0 Å². The van der Waals surface area contributed by atoms with Gasteiger partial charge in [0.15, 0.2) is 0 Å². The summed E-state index contributed by atoms with van der Waals surface area (Å²) in [5.41, 5.74) is 3.50. The lowest BCUT2D eigenvalue weighted by molar-refractivity contribution is 0.730. The summed E-state index contributed by atoms with van der Waals surface area (Å²) in [6, 6.07) is 31.3. The van der Waals surface area contributed by atoms with Gasteiger partial charge in [-0.2, -0.15) is 0 Å². The van der Waals surface area contributed by atoms with Gasteiger partial charge in [-0.1, -0.05) is 80.4 Å². The van der Waals surface area contributed by atoms with E-state index in [0.29, 0.717) is 0 Å². The van der Waals surface area contributed by atoms with Crippen molar-refractivity contribution in [2.75, 3.05) is 4.90 Å². The van der Waals surface area contributed by atoms with Crippen LogP contribution in [0.5, 0.6) is 0 Å². The molecule has 0 aliphatic carbocycles. The summed E-state index contributed by atoms with van der Waals surface area (Å²) in [6.07, 6.45) is 7.16. The number of unbranched alkanes of at least 4 members (excludes halogenated alkanes) is 3. The molecule has 0 N–H and O–H groups in total. The van der Waals surface area contributed by atoms with Crippen molar-refractivity contribution in [1.82, 2.24) is 0 Å².